The summed E-state index contributed by atoms with van der Waals surface area (Å²) in [7, 11) is 4.19. The van der Waals surface area contributed by atoms with Crippen molar-refractivity contribution in [1.29, 1.82) is 0 Å². The maximum atomic E-state index is 12.9. The lowest BCUT2D eigenvalue weighted by Gasteiger charge is -2.34. The molecule has 0 aliphatic carbocycles. The van der Waals surface area contributed by atoms with Gasteiger partial charge in [0.05, 0.1) is 5.92 Å². The highest BCUT2D eigenvalue weighted by atomic mass is 16.2. The number of benzene rings is 1. The lowest BCUT2D eigenvalue weighted by Crippen LogP contribution is -2.45. The molecule has 4 nitrogen and oxygen atoms in total. The van der Waals surface area contributed by atoms with Gasteiger partial charge >= 0.3 is 0 Å². The van der Waals surface area contributed by atoms with Gasteiger partial charge < -0.3 is 15.1 Å². The van der Waals surface area contributed by atoms with Gasteiger partial charge in [-0.1, -0.05) is 18.2 Å². The standard InChI is InChI=1S/C17H25N3O/c1-12-15(10-13-6-4-5-7-16(13)18-12)17(21)20-9-8-14(11-20)19(2)3/h4-7,12,14-15,18H,8-11H2,1-3H3. The summed E-state index contributed by atoms with van der Waals surface area (Å²) in [6, 6.07) is 9.03. The molecule has 1 saturated heterocycles. The normalized spacial score (nSPS) is 28.4. The Bertz CT molecular complexity index is 529. The third-order valence-electron chi connectivity index (χ3n) is 4.97. The molecule has 3 atom stereocenters. The summed E-state index contributed by atoms with van der Waals surface area (Å²) >= 11 is 0. The Balaban J connectivity index is 1.71. The fourth-order valence-corrected chi connectivity index (χ4v) is 3.50. The van der Waals surface area contributed by atoms with Gasteiger partial charge in [0.15, 0.2) is 0 Å². The van der Waals surface area contributed by atoms with E-state index in [1.165, 1.54) is 11.3 Å². The number of rotatable bonds is 2. The molecule has 1 N–H and O–H groups in total. The first kappa shape index (κ1) is 14.4. The van der Waals surface area contributed by atoms with Crippen LogP contribution >= 0.6 is 0 Å². The van der Waals surface area contributed by atoms with E-state index in [2.05, 4.69) is 54.3 Å². The quantitative estimate of drug-likeness (QED) is 0.901. The molecule has 0 aromatic heterocycles. The van der Waals surface area contributed by atoms with Crippen LogP contribution < -0.4 is 5.32 Å². The molecule has 1 aromatic rings. The number of likely N-dealkylation sites (tertiary alicyclic amines) is 1. The van der Waals surface area contributed by atoms with Crippen LogP contribution in [0.2, 0.25) is 0 Å². The van der Waals surface area contributed by atoms with Gasteiger partial charge in [-0.15, -0.1) is 0 Å². The van der Waals surface area contributed by atoms with Crippen LogP contribution in [-0.2, 0) is 11.2 Å². The summed E-state index contributed by atoms with van der Waals surface area (Å²) < 4.78 is 0. The number of nitrogens with zero attached hydrogens (tertiary/aromatic N) is 2. The van der Waals surface area contributed by atoms with E-state index in [-0.39, 0.29) is 12.0 Å². The van der Waals surface area contributed by atoms with Gasteiger partial charge in [-0.3, -0.25) is 4.79 Å². The Hall–Kier alpha value is -1.55. The second-order valence-electron chi connectivity index (χ2n) is 6.59. The van der Waals surface area contributed by atoms with Crippen LogP contribution in [0.1, 0.15) is 18.9 Å². The Kier molecular flexibility index (Phi) is 3.89. The van der Waals surface area contributed by atoms with Crippen molar-refractivity contribution in [2.45, 2.75) is 31.8 Å². The van der Waals surface area contributed by atoms with E-state index in [0.717, 1.165) is 25.9 Å². The maximum absolute atomic E-state index is 12.9. The van der Waals surface area contributed by atoms with Crippen molar-refractivity contribution in [3.8, 4) is 0 Å². The molecule has 2 aliphatic rings. The molecular formula is C17H25N3O. The number of hydrogen-bond donors (Lipinski definition) is 1. The first-order valence-electron chi connectivity index (χ1n) is 7.86. The molecule has 0 bridgehead atoms. The van der Waals surface area contributed by atoms with Gasteiger partial charge in [0.1, 0.15) is 0 Å². The van der Waals surface area contributed by atoms with Crippen molar-refractivity contribution in [2.75, 3.05) is 32.5 Å². The van der Waals surface area contributed by atoms with E-state index >= 15 is 0 Å². The average molecular weight is 287 g/mol. The average Bonchev–Trinajstić information content (AvgIpc) is 2.96. The van der Waals surface area contributed by atoms with Crippen molar-refractivity contribution in [3.05, 3.63) is 29.8 Å². The minimum absolute atomic E-state index is 0.0563. The monoisotopic (exact) mass is 287 g/mol. The molecule has 2 aliphatic heterocycles. The highest BCUT2D eigenvalue weighted by molar-refractivity contribution is 5.82. The van der Waals surface area contributed by atoms with Gasteiger partial charge in [0.2, 0.25) is 5.91 Å². The third-order valence-corrected chi connectivity index (χ3v) is 4.97. The van der Waals surface area contributed by atoms with E-state index in [4.69, 9.17) is 0 Å². The van der Waals surface area contributed by atoms with Crippen LogP contribution in [0.25, 0.3) is 0 Å². The third kappa shape index (κ3) is 2.77. The summed E-state index contributed by atoms with van der Waals surface area (Å²) in [5.41, 5.74) is 2.44. The molecule has 1 amide bonds. The second kappa shape index (κ2) is 5.68. The lowest BCUT2D eigenvalue weighted by atomic mass is 9.87. The Labute approximate surface area is 127 Å². The van der Waals surface area contributed by atoms with Gasteiger partial charge in [-0.05, 0) is 45.5 Å². The molecule has 0 spiro atoms. The molecule has 0 radical (unpaired) electrons. The zero-order valence-corrected chi connectivity index (χ0v) is 13.2. The number of fused-ring (bicyclic) bond motifs is 1. The molecule has 4 heteroatoms. The van der Waals surface area contributed by atoms with Crippen LogP contribution in [0, 0.1) is 5.92 Å². The van der Waals surface area contributed by atoms with Crippen LogP contribution in [-0.4, -0.2) is 55.0 Å². The van der Waals surface area contributed by atoms with E-state index < -0.39 is 0 Å². The highest BCUT2D eigenvalue weighted by Crippen LogP contribution is 2.30. The molecule has 3 unspecified atom stereocenters. The summed E-state index contributed by atoms with van der Waals surface area (Å²) in [4.78, 5) is 17.1. The van der Waals surface area contributed by atoms with Crippen LogP contribution in [0.5, 0.6) is 0 Å². The molecule has 21 heavy (non-hydrogen) atoms. The van der Waals surface area contributed by atoms with Crippen LogP contribution in [0.15, 0.2) is 24.3 Å². The van der Waals surface area contributed by atoms with Crippen LogP contribution in [0.4, 0.5) is 5.69 Å². The molecular weight excluding hydrogens is 262 g/mol. The van der Waals surface area contributed by atoms with Gasteiger partial charge in [-0.25, -0.2) is 0 Å². The van der Waals surface area contributed by atoms with Crippen molar-refractivity contribution in [1.82, 2.24) is 9.80 Å². The number of anilines is 1. The second-order valence-corrected chi connectivity index (χ2v) is 6.59. The first-order valence-corrected chi connectivity index (χ1v) is 7.86. The van der Waals surface area contributed by atoms with E-state index in [9.17, 15) is 4.79 Å². The Morgan fingerprint density at radius 1 is 1.33 bits per heavy atom. The zero-order valence-electron chi connectivity index (χ0n) is 13.2. The van der Waals surface area contributed by atoms with Crippen molar-refractivity contribution >= 4 is 11.6 Å². The minimum atomic E-state index is 0.0563. The smallest absolute Gasteiger partial charge is 0.228 e. The van der Waals surface area contributed by atoms with E-state index in [1.807, 2.05) is 6.07 Å². The molecule has 1 aromatic carbocycles. The number of likely N-dealkylation sites (N-methyl/N-ethyl adjacent to an activating group) is 1. The molecule has 114 valence electrons. The Morgan fingerprint density at radius 2 is 2.10 bits per heavy atom. The number of carbonyl (C=O) groups is 1. The van der Waals surface area contributed by atoms with Crippen molar-refractivity contribution in [3.63, 3.8) is 0 Å². The minimum Gasteiger partial charge on any atom is -0.382 e. The SMILES string of the molecule is CC1Nc2ccccc2CC1C(=O)N1CCC(N(C)C)C1. The predicted molar refractivity (Wildman–Crippen MR) is 85.4 cm³/mol. The molecule has 1 fully saturated rings. The van der Waals surface area contributed by atoms with Gasteiger partial charge in [0.25, 0.3) is 0 Å². The molecule has 2 heterocycles. The number of carbonyl (C=O) groups excluding carboxylic acids is 1. The summed E-state index contributed by atoms with van der Waals surface area (Å²) in [6.45, 7) is 3.89. The topological polar surface area (TPSA) is 35.6 Å². The highest BCUT2D eigenvalue weighted by Gasteiger charge is 2.36. The number of hydrogen-bond acceptors (Lipinski definition) is 3. The van der Waals surface area contributed by atoms with Crippen molar-refractivity contribution < 1.29 is 4.79 Å². The fourth-order valence-electron chi connectivity index (χ4n) is 3.50. The summed E-state index contributed by atoms with van der Waals surface area (Å²) in [6.07, 6.45) is 1.94. The Morgan fingerprint density at radius 3 is 2.81 bits per heavy atom. The predicted octanol–water partition coefficient (Wildman–Crippen LogP) is 1.82. The largest absolute Gasteiger partial charge is 0.382 e. The fraction of sp³-hybridized carbons (Fsp3) is 0.588. The van der Waals surface area contributed by atoms with E-state index in [1.54, 1.807) is 0 Å². The van der Waals surface area contributed by atoms with Crippen molar-refractivity contribution in [2.24, 2.45) is 5.92 Å². The number of para-hydroxylation sites is 1. The zero-order chi connectivity index (χ0) is 15.0. The van der Waals surface area contributed by atoms with Gasteiger partial charge in [0, 0.05) is 30.9 Å². The summed E-state index contributed by atoms with van der Waals surface area (Å²) in [5, 5.41) is 3.49. The summed E-state index contributed by atoms with van der Waals surface area (Å²) in [5.74, 6) is 0.370. The number of nitrogens with one attached hydrogen (secondary N) is 1. The van der Waals surface area contributed by atoms with E-state index in [0.29, 0.717) is 11.9 Å². The lowest BCUT2D eigenvalue weighted by molar-refractivity contribution is -0.135. The van der Waals surface area contributed by atoms with Gasteiger partial charge in [-0.2, -0.15) is 0 Å². The first-order chi connectivity index (χ1) is 10.1. The number of amides is 1. The molecule has 3 rings (SSSR count). The maximum Gasteiger partial charge on any atom is 0.228 e. The van der Waals surface area contributed by atoms with Crippen LogP contribution in [0.3, 0.4) is 0 Å². The molecule has 0 saturated carbocycles.